The van der Waals surface area contributed by atoms with Crippen LogP contribution in [-0.2, 0) is 11.2 Å². The van der Waals surface area contributed by atoms with E-state index in [0.29, 0.717) is 25.1 Å². The molecule has 1 heterocycles. The molecule has 2 unspecified atom stereocenters. The average molecular weight is 390 g/mol. The number of rotatable bonds is 5. The standard InChI is InChI=1S/C20H23N3O3.ClH/c1-21(2)14-18-17-11-7-6-8-15(17)12-13-22(18)20(24)19(23(25)26)16-9-4-3-5-10-16;/h3-11,18-19H,12-14H2,1-2H3;1H. The molecule has 2 atom stereocenters. The molecule has 3 rings (SSSR count). The maximum Gasteiger partial charge on any atom is 0.315 e. The van der Waals surface area contributed by atoms with Crippen molar-refractivity contribution in [1.82, 2.24) is 9.80 Å². The first-order valence-electron chi connectivity index (χ1n) is 8.70. The van der Waals surface area contributed by atoms with Gasteiger partial charge in [-0.3, -0.25) is 14.9 Å². The molecule has 144 valence electrons. The highest BCUT2D eigenvalue weighted by Crippen LogP contribution is 2.33. The second kappa shape index (κ2) is 8.97. The molecule has 1 aliphatic heterocycles. The topological polar surface area (TPSA) is 66.7 Å². The van der Waals surface area contributed by atoms with Crippen LogP contribution in [0.4, 0.5) is 0 Å². The third kappa shape index (κ3) is 4.46. The molecule has 7 heteroatoms. The van der Waals surface area contributed by atoms with Gasteiger partial charge >= 0.3 is 11.9 Å². The van der Waals surface area contributed by atoms with Gasteiger partial charge in [-0.25, -0.2) is 0 Å². The number of hydrogen-bond acceptors (Lipinski definition) is 4. The van der Waals surface area contributed by atoms with Gasteiger partial charge in [-0.2, -0.15) is 0 Å². The third-order valence-electron chi connectivity index (χ3n) is 4.79. The zero-order valence-electron chi connectivity index (χ0n) is 15.4. The summed E-state index contributed by atoms with van der Waals surface area (Å²) < 4.78 is 0. The summed E-state index contributed by atoms with van der Waals surface area (Å²) in [7, 11) is 3.89. The van der Waals surface area contributed by atoms with Gasteiger partial charge in [-0.05, 0) is 31.6 Å². The van der Waals surface area contributed by atoms with Gasteiger partial charge < -0.3 is 9.80 Å². The molecule has 2 aromatic rings. The van der Waals surface area contributed by atoms with Crippen LogP contribution in [0.5, 0.6) is 0 Å². The van der Waals surface area contributed by atoms with Crippen molar-refractivity contribution in [1.29, 1.82) is 0 Å². The van der Waals surface area contributed by atoms with E-state index in [1.165, 1.54) is 5.56 Å². The van der Waals surface area contributed by atoms with Crippen molar-refractivity contribution in [3.63, 3.8) is 0 Å². The predicted molar refractivity (Wildman–Crippen MR) is 107 cm³/mol. The molecule has 0 aromatic heterocycles. The maximum absolute atomic E-state index is 13.2. The van der Waals surface area contributed by atoms with Crippen molar-refractivity contribution in [2.45, 2.75) is 18.5 Å². The minimum Gasteiger partial charge on any atom is -0.328 e. The second-order valence-corrected chi connectivity index (χ2v) is 6.86. The van der Waals surface area contributed by atoms with Gasteiger partial charge in [0.05, 0.1) is 6.04 Å². The summed E-state index contributed by atoms with van der Waals surface area (Å²) in [6.45, 7) is 1.12. The number of amides is 1. The van der Waals surface area contributed by atoms with Crippen LogP contribution in [0.2, 0.25) is 0 Å². The third-order valence-corrected chi connectivity index (χ3v) is 4.79. The summed E-state index contributed by atoms with van der Waals surface area (Å²) in [6, 6.07) is 15.0. The van der Waals surface area contributed by atoms with E-state index >= 15 is 0 Å². The summed E-state index contributed by atoms with van der Waals surface area (Å²) >= 11 is 0. The van der Waals surface area contributed by atoms with Crippen LogP contribution in [0.15, 0.2) is 54.6 Å². The predicted octanol–water partition coefficient (Wildman–Crippen LogP) is 3.11. The Balaban J connectivity index is 0.00000261. The average Bonchev–Trinajstić information content (AvgIpc) is 2.62. The SMILES string of the molecule is CN(C)CC1c2ccccc2CCN1C(=O)C(c1ccccc1)[N+](=O)[O-].Cl. The molecule has 1 amide bonds. The van der Waals surface area contributed by atoms with Crippen LogP contribution >= 0.6 is 12.4 Å². The summed E-state index contributed by atoms with van der Waals surface area (Å²) in [5.74, 6) is -0.442. The van der Waals surface area contributed by atoms with E-state index in [2.05, 4.69) is 6.07 Å². The monoisotopic (exact) mass is 389 g/mol. The highest BCUT2D eigenvalue weighted by atomic mass is 35.5. The molecule has 27 heavy (non-hydrogen) atoms. The zero-order valence-corrected chi connectivity index (χ0v) is 16.3. The number of benzene rings is 2. The number of carbonyl (C=O) groups excluding carboxylic acids is 1. The van der Waals surface area contributed by atoms with E-state index in [4.69, 9.17) is 0 Å². The molecule has 0 N–H and O–H groups in total. The molecular weight excluding hydrogens is 366 g/mol. The van der Waals surface area contributed by atoms with Crippen molar-refractivity contribution in [2.75, 3.05) is 27.2 Å². The van der Waals surface area contributed by atoms with Gasteiger partial charge in [0.15, 0.2) is 0 Å². The largest absolute Gasteiger partial charge is 0.328 e. The van der Waals surface area contributed by atoms with E-state index < -0.39 is 16.9 Å². The summed E-state index contributed by atoms with van der Waals surface area (Å²) in [5.41, 5.74) is 2.71. The van der Waals surface area contributed by atoms with Gasteiger partial charge in [0.25, 0.3) is 0 Å². The minimum absolute atomic E-state index is 0. The van der Waals surface area contributed by atoms with Crippen molar-refractivity contribution in [3.8, 4) is 0 Å². The fourth-order valence-electron chi connectivity index (χ4n) is 3.61. The summed E-state index contributed by atoms with van der Waals surface area (Å²) in [5, 5.41) is 11.7. The Labute approximate surface area is 165 Å². The lowest BCUT2D eigenvalue weighted by Gasteiger charge is -2.39. The summed E-state index contributed by atoms with van der Waals surface area (Å²) in [4.78, 5) is 28.1. The first kappa shape index (κ1) is 20.9. The number of fused-ring (bicyclic) bond motifs is 1. The normalized spacial score (nSPS) is 17.0. The first-order valence-corrected chi connectivity index (χ1v) is 8.70. The lowest BCUT2D eigenvalue weighted by atomic mass is 9.91. The fraction of sp³-hybridized carbons (Fsp3) is 0.350. The van der Waals surface area contributed by atoms with Crippen LogP contribution in [0.3, 0.4) is 0 Å². The van der Waals surface area contributed by atoms with Crippen molar-refractivity contribution in [3.05, 3.63) is 81.4 Å². The Hall–Kier alpha value is -2.44. The Morgan fingerprint density at radius 3 is 2.44 bits per heavy atom. The van der Waals surface area contributed by atoms with Crippen molar-refractivity contribution >= 4 is 18.3 Å². The Kier molecular flexibility index (Phi) is 6.93. The van der Waals surface area contributed by atoms with Gasteiger partial charge in [0.1, 0.15) is 0 Å². The molecule has 0 spiro atoms. The molecule has 0 saturated heterocycles. The molecule has 1 aliphatic rings. The molecule has 0 aliphatic carbocycles. The molecule has 0 fully saturated rings. The highest BCUT2D eigenvalue weighted by molar-refractivity contribution is 5.85. The molecule has 6 nitrogen and oxygen atoms in total. The molecule has 0 bridgehead atoms. The number of nitro groups is 1. The smallest absolute Gasteiger partial charge is 0.315 e. The lowest BCUT2D eigenvalue weighted by molar-refractivity contribution is -0.515. The molecule has 0 saturated carbocycles. The molecule has 2 aromatic carbocycles. The minimum atomic E-state index is -1.37. The van der Waals surface area contributed by atoms with E-state index in [9.17, 15) is 14.9 Å². The van der Waals surface area contributed by atoms with Crippen LogP contribution in [0.1, 0.15) is 28.8 Å². The van der Waals surface area contributed by atoms with Crippen LogP contribution in [0.25, 0.3) is 0 Å². The highest BCUT2D eigenvalue weighted by Gasteiger charge is 2.40. The molecule has 0 radical (unpaired) electrons. The van der Waals surface area contributed by atoms with Crippen LogP contribution in [0, 0.1) is 10.1 Å². The Morgan fingerprint density at radius 1 is 1.19 bits per heavy atom. The zero-order chi connectivity index (χ0) is 18.7. The first-order chi connectivity index (χ1) is 12.5. The van der Waals surface area contributed by atoms with Crippen molar-refractivity contribution < 1.29 is 9.72 Å². The van der Waals surface area contributed by atoms with Gasteiger partial charge in [-0.15, -0.1) is 12.4 Å². The number of nitrogens with zero attached hydrogens (tertiary/aromatic N) is 3. The number of hydrogen-bond donors (Lipinski definition) is 0. The number of likely N-dealkylation sites (N-methyl/N-ethyl adjacent to an activating group) is 1. The van der Waals surface area contributed by atoms with Gasteiger partial charge in [0, 0.05) is 23.6 Å². The Bertz CT molecular complexity index is 798. The molecular formula is C20H24ClN3O3. The van der Waals surface area contributed by atoms with Crippen molar-refractivity contribution in [2.24, 2.45) is 0 Å². The van der Waals surface area contributed by atoms with E-state index in [1.54, 1.807) is 35.2 Å². The van der Waals surface area contributed by atoms with Gasteiger partial charge in [0.2, 0.25) is 0 Å². The van der Waals surface area contributed by atoms with Crippen LogP contribution < -0.4 is 0 Å². The van der Waals surface area contributed by atoms with Gasteiger partial charge in [-0.1, -0.05) is 54.6 Å². The quantitative estimate of drug-likeness (QED) is 0.582. The Morgan fingerprint density at radius 2 is 1.81 bits per heavy atom. The lowest BCUT2D eigenvalue weighted by Crippen LogP contribution is -2.47. The van der Waals surface area contributed by atoms with E-state index in [0.717, 1.165) is 5.56 Å². The number of carbonyl (C=O) groups is 1. The van der Waals surface area contributed by atoms with E-state index in [-0.39, 0.29) is 18.4 Å². The maximum atomic E-state index is 13.2. The second-order valence-electron chi connectivity index (χ2n) is 6.86. The fourth-order valence-corrected chi connectivity index (χ4v) is 3.61. The summed E-state index contributed by atoms with van der Waals surface area (Å²) in [6.07, 6.45) is 0.713. The number of halogens is 1. The van der Waals surface area contributed by atoms with E-state index in [1.807, 2.05) is 37.2 Å². The van der Waals surface area contributed by atoms with Crippen LogP contribution in [-0.4, -0.2) is 47.8 Å².